The lowest BCUT2D eigenvalue weighted by atomic mass is 9.84. The zero-order valence-electron chi connectivity index (χ0n) is 10.7. The fourth-order valence-electron chi connectivity index (χ4n) is 1.77. The number of benzene rings is 1. The minimum atomic E-state index is -0.987. The quantitative estimate of drug-likeness (QED) is 0.800. The summed E-state index contributed by atoms with van der Waals surface area (Å²) < 4.78 is 0.779. The Hall–Kier alpha value is -1.07. The molecule has 0 saturated carbocycles. The zero-order chi connectivity index (χ0) is 14.1. The van der Waals surface area contributed by atoms with Gasteiger partial charge in [0.05, 0.1) is 6.42 Å². The number of phenolic OH excluding ortho intramolecular Hbond substituents is 1. The number of phenols is 1. The highest BCUT2D eigenvalue weighted by atomic mass is 79.9. The van der Waals surface area contributed by atoms with Gasteiger partial charge in [-0.25, -0.2) is 0 Å². The molecule has 4 nitrogen and oxygen atoms in total. The Balaban J connectivity index is 3.29. The summed E-state index contributed by atoms with van der Waals surface area (Å²) in [6.07, 6.45) is -0.215. The molecule has 4 N–H and O–H groups in total. The lowest BCUT2D eigenvalue weighted by Crippen LogP contribution is -2.18. The number of nitrogens with two attached hydrogens (primary N) is 1. The predicted molar refractivity (Wildman–Crippen MR) is 73.7 cm³/mol. The maximum atomic E-state index is 10.7. The molecule has 0 radical (unpaired) electrons. The Morgan fingerprint density at radius 2 is 2.00 bits per heavy atom. The van der Waals surface area contributed by atoms with E-state index in [9.17, 15) is 9.90 Å². The SMILES string of the molecule is CC(C)(C)c1cc(Br)cc([C@@H](N)CC(=O)O)c1O. The highest BCUT2D eigenvalue weighted by Crippen LogP contribution is 2.38. The molecule has 5 heteroatoms. The monoisotopic (exact) mass is 315 g/mol. The average molecular weight is 316 g/mol. The van der Waals surface area contributed by atoms with Gasteiger partial charge in [-0.3, -0.25) is 4.79 Å². The maximum Gasteiger partial charge on any atom is 0.305 e. The first-order chi connectivity index (χ1) is 8.12. The van der Waals surface area contributed by atoms with Crippen LogP contribution in [0.25, 0.3) is 0 Å². The fourth-order valence-corrected chi connectivity index (χ4v) is 2.25. The van der Waals surface area contributed by atoms with Gasteiger partial charge in [-0.15, -0.1) is 0 Å². The van der Waals surface area contributed by atoms with Crippen molar-refractivity contribution < 1.29 is 15.0 Å². The van der Waals surface area contributed by atoms with Crippen molar-refractivity contribution in [2.24, 2.45) is 5.73 Å². The number of carbonyl (C=O) groups is 1. The third kappa shape index (κ3) is 3.46. The van der Waals surface area contributed by atoms with Crippen LogP contribution in [0.5, 0.6) is 5.75 Å². The van der Waals surface area contributed by atoms with Crippen LogP contribution in [0.2, 0.25) is 0 Å². The van der Waals surface area contributed by atoms with Gasteiger partial charge in [0, 0.05) is 21.6 Å². The van der Waals surface area contributed by atoms with E-state index in [-0.39, 0.29) is 17.6 Å². The lowest BCUT2D eigenvalue weighted by Gasteiger charge is -2.24. The Kier molecular flexibility index (Phi) is 4.40. The van der Waals surface area contributed by atoms with Crippen molar-refractivity contribution in [1.29, 1.82) is 0 Å². The van der Waals surface area contributed by atoms with Gasteiger partial charge in [0.25, 0.3) is 0 Å². The molecule has 0 aliphatic carbocycles. The normalized spacial score (nSPS) is 13.4. The van der Waals surface area contributed by atoms with E-state index in [1.807, 2.05) is 26.8 Å². The summed E-state index contributed by atoms with van der Waals surface area (Å²) in [4.78, 5) is 10.7. The highest BCUT2D eigenvalue weighted by Gasteiger charge is 2.24. The molecule has 0 unspecified atom stereocenters. The Morgan fingerprint density at radius 3 is 2.44 bits per heavy atom. The molecular weight excluding hydrogens is 298 g/mol. The van der Waals surface area contributed by atoms with Crippen molar-refractivity contribution in [2.75, 3.05) is 0 Å². The summed E-state index contributed by atoms with van der Waals surface area (Å²) in [6.45, 7) is 5.92. The third-order valence-corrected chi connectivity index (χ3v) is 3.16. The number of aliphatic carboxylic acids is 1. The standard InChI is InChI=1S/C13H18BrNO3/c1-13(2,3)9-5-7(14)4-8(12(9)18)10(15)6-11(16)17/h4-5,10,18H,6,15H2,1-3H3,(H,16,17)/t10-/m0/s1. The summed E-state index contributed by atoms with van der Waals surface area (Å²) in [5.74, 6) is -0.904. The molecule has 0 fully saturated rings. The topological polar surface area (TPSA) is 83.6 Å². The number of hydrogen-bond acceptors (Lipinski definition) is 3. The minimum Gasteiger partial charge on any atom is -0.507 e. The molecule has 0 aliphatic rings. The van der Waals surface area contributed by atoms with Crippen molar-refractivity contribution in [3.8, 4) is 5.75 Å². The molecule has 0 bridgehead atoms. The molecule has 1 aromatic carbocycles. The second kappa shape index (κ2) is 5.28. The second-order valence-electron chi connectivity index (χ2n) is 5.35. The summed E-state index contributed by atoms with van der Waals surface area (Å²) in [7, 11) is 0. The number of carboxylic acid groups (broad SMARTS) is 1. The van der Waals surface area contributed by atoms with E-state index in [2.05, 4.69) is 15.9 Å². The van der Waals surface area contributed by atoms with Crippen molar-refractivity contribution in [3.63, 3.8) is 0 Å². The summed E-state index contributed by atoms with van der Waals surface area (Å²) in [5.41, 5.74) is 6.77. The first kappa shape index (κ1) is 15.0. The molecule has 0 amide bonds. The van der Waals surface area contributed by atoms with Gasteiger partial charge in [-0.05, 0) is 17.5 Å². The zero-order valence-corrected chi connectivity index (χ0v) is 12.3. The number of halogens is 1. The first-order valence-electron chi connectivity index (χ1n) is 5.63. The van der Waals surface area contributed by atoms with Gasteiger partial charge >= 0.3 is 5.97 Å². The number of rotatable bonds is 3. The van der Waals surface area contributed by atoms with Crippen LogP contribution in [0.15, 0.2) is 16.6 Å². The van der Waals surface area contributed by atoms with Crippen LogP contribution in [0, 0.1) is 0 Å². The van der Waals surface area contributed by atoms with Gasteiger partial charge in [0.2, 0.25) is 0 Å². The highest BCUT2D eigenvalue weighted by molar-refractivity contribution is 9.10. The van der Waals surface area contributed by atoms with Gasteiger partial charge in [-0.2, -0.15) is 0 Å². The van der Waals surface area contributed by atoms with E-state index in [1.54, 1.807) is 6.07 Å². The molecular formula is C13H18BrNO3. The van der Waals surface area contributed by atoms with Crippen LogP contribution in [-0.4, -0.2) is 16.2 Å². The van der Waals surface area contributed by atoms with Crippen molar-refractivity contribution in [1.82, 2.24) is 0 Å². The van der Waals surface area contributed by atoms with Gasteiger partial charge in [0.1, 0.15) is 5.75 Å². The molecule has 0 heterocycles. The van der Waals surface area contributed by atoms with E-state index in [4.69, 9.17) is 10.8 Å². The number of carboxylic acids is 1. The molecule has 100 valence electrons. The molecule has 0 spiro atoms. The Morgan fingerprint density at radius 1 is 1.44 bits per heavy atom. The maximum absolute atomic E-state index is 10.7. The molecule has 0 aromatic heterocycles. The predicted octanol–water partition coefficient (Wildman–Crippen LogP) is 2.93. The van der Waals surface area contributed by atoms with Crippen LogP contribution < -0.4 is 5.73 Å². The number of hydrogen-bond donors (Lipinski definition) is 3. The van der Waals surface area contributed by atoms with Crippen molar-refractivity contribution in [3.05, 3.63) is 27.7 Å². The minimum absolute atomic E-state index is 0.0828. The van der Waals surface area contributed by atoms with Crippen LogP contribution in [0.3, 0.4) is 0 Å². The second-order valence-corrected chi connectivity index (χ2v) is 6.26. The Bertz CT molecular complexity index is 466. The molecule has 0 aliphatic heterocycles. The largest absolute Gasteiger partial charge is 0.507 e. The van der Waals surface area contributed by atoms with Gasteiger partial charge < -0.3 is 15.9 Å². The lowest BCUT2D eigenvalue weighted by molar-refractivity contribution is -0.137. The van der Waals surface area contributed by atoms with Gasteiger partial charge in [0.15, 0.2) is 0 Å². The molecule has 18 heavy (non-hydrogen) atoms. The van der Waals surface area contributed by atoms with E-state index < -0.39 is 12.0 Å². The van der Waals surface area contributed by atoms with E-state index in [1.165, 1.54) is 0 Å². The number of aromatic hydroxyl groups is 1. The third-order valence-electron chi connectivity index (χ3n) is 2.71. The van der Waals surface area contributed by atoms with Crippen LogP contribution >= 0.6 is 15.9 Å². The molecule has 1 aromatic rings. The van der Waals surface area contributed by atoms with E-state index in [0.29, 0.717) is 5.56 Å². The molecule has 0 saturated heterocycles. The van der Waals surface area contributed by atoms with E-state index in [0.717, 1.165) is 10.0 Å². The van der Waals surface area contributed by atoms with Crippen LogP contribution in [-0.2, 0) is 10.2 Å². The first-order valence-corrected chi connectivity index (χ1v) is 6.42. The fraction of sp³-hybridized carbons (Fsp3) is 0.462. The summed E-state index contributed by atoms with van der Waals surface area (Å²) in [6, 6.07) is 2.77. The molecule has 1 rings (SSSR count). The van der Waals surface area contributed by atoms with E-state index >= 15 is 0 Å². The van der Waals surface area contributed by atoms with Crippen LogP contribution in [0.1, 0.15) is 44.4 Å². The van der Waals surface area contributed by atoms with Crippen LogP contribution in [0.4, 0.5) is 0 Å². The smallest absolute Gasteiger partial charge is 0.305 e. The Labute approximate surface area is 115 Å². The van der Waals surface area contributed by atoms with Crippen molar-refractivity contribution in [2.45, 2.75) is 38.6 Å². The average Bonchev–Trinajstić information content (AvgIpc) is 2.18. The van der Waals surface area contributed by atoms with Crippen molar-refractivity contribution >= 4 is 21.9 Å². The summed E-state index contributed by atoms with van der Waals surface area (Å²) in [5, 5.41) is 19.0. The summed E-state index contributed by atoms with van der Waals surface area (Å²) >= 11 is 3.36. The molecule has 1 atom stereocenters. The van der Waals surface area contributed by atoms with Gasteiger partial charge in [-0.1, -0.05) is 36.7 Å².